The maximum absolute atomic E-state index is 10.4. The van der Waals surface area contributed by atoms with Crippen LogP contribution in [0.15, 0.2) is 24.3 Å². The zero-order valence-corrected chi connectivity index (χ0v) is 10.1. The van der Waals surface area contributed by atoms with Crippen LogP contribution in [0, 0.1) is 11.3 Å². The van der Waals surface area contributed by atoms with Crippen molar-refractivity contribution in [1.29, 1.82) is 5.26 Å². The molecule has 0 aromatic heterocycles. The van der Waals surface area contributed by atoms with Crippen LogP contribution in [0.4, 0.5) is 0 Å². The number of rotatable bonds is 2. The van der Waals surface area contributed by atoms with Gasteiger partial charge in [-0.15, -0.1) is 0 Å². The zero-order chi connectivity index (χ0) is 10.1. The Kier molecular flexibility index (Phi) is 3.89. The number of carbonyl (C=O) groups excluding carboxylic acids is 1. The Balaban J connectivity index is 0.00000112. The summed E-state index contributed by atoms with van der Waals surface area (Å²) in [5, 5.41) is 18.9. The van der Waals surface area contributed by atoms with Gasteiger partial charge in [0.1, 0.15) is 12.2 Å². The Morgan fingerprint density at radius 2 is 2.00 bits per heavy atom. The number of nitriles is 1. The molecule has 0 N–H and O–H groups in total. The van der Waals surface area contributed by atoms with Gasteiger partial charge in [0, 0.05) is 0 Å². The van der Waals surface area contributed by atoms with Crippen LogP contribution in [-0.2, 0) is 9.53 Å². The van der Waals surface area contributed by atoms with Crippen LogP contribution in [0.1, 0.15) is 17.2 Å². The molecule has 1 heterocycles. The summed E-state index contributed by atoms with van der Waals surface area (Å²) in [7, 11) is 0. The van der Waals surface area contributed by atoms with Gasteiger partial charge in [0.05, 0.1) is 17.6 Å². The third kappa shape index (κ3) is 2.58. The average Bonchev–Trinajstić information content (AvgIpc) is 2.97. The molecule has 1 saturated heterocycles. The predicted molar refractivity (Wildman–Crippen MR) is 43.8 cm³/mol. The Labute approximate surface area is 109 Å². The standard InChI is InChI=1S/C10H7NO3.Na/c11-5-6-1-3-7(4-2-6)8-9(14-8)10(12)13;/h1-4,8-9H,(H,12,13);/q;+1/p-1. The van der Waals surface area contributed by atoms with Gasteiger partial charge in [-0.05, 0) is 17.7 Å². The van der Waals surface area contributed by atoms with Gasteiger partial charge in [-0.25, -0.2) is 0 Å². The first kappa shape index (κ1) is 12.2. The van der Waals surface area contributed by atoms with Crippen molar-refractivity contribution >= 4 is 5.97 Å². The number of hydrogen-bond acceptors (Lipinski definition) is 4. The molecule has 2 atom stereocenters. The van der Waals surface area contributed by atoms with Crippen molar-refractivity contribution in [2.75, 3.05) is 0 Å². The summed E-state index contributed by atoms with van der Waals surface area (Å²) in [6, 6.07) is 8.61. The van der Waals surface area contributed by atoms with Crippen molar-refractivity contribution in [3.05, 3.63) is 35.4 Å². The Morgan fingerprint density at radius 1 is 1.40 bits per heavy atom. The first-order chi connectivity index (χ1) is 6.72. The first-order valence-corrected chi connectivity index (χ1v) is 4.09. The van der Waals surface area contributed by atoms with E-state index in [0.717, 1.165) is 5.56 Å². The van der Waals surface area contributed by atoms with Crippen molar-refractivity contribution < 1.29 is 44.2 Å². The van der Waals surface area contributed by atoms with Crippen LogP contribution in [0.5, 0.6) is 0 Å². The fraction of sp³-hybridized carbons (Fsp3) is 0.200. The Bertz CT molecular complexity index is 410. The SMILES string of the molecule is N#Cc1ccc(C2OC2C(=O)[O-])cc1.[Na+]. The van der Waals surface area contributed by atoms with Crippen LogP contribution in [0.3, 0.4) is 0 Å². The second kappa shape index (κ2) is 4.77. The van der Waals surface area contributed by atoms with E-state index in [4.69, 9.17) is 10.00 Å². The molecule has 0 radical (unpaired) electrons. The number of carboxylic acid groups (broad SMARTS) is 1. The normalized spacial score (nSPS) is 22.3. The fourth-order valence-corrected chi connectivity index (χ4v) is 1.29. The average molecular weight is 211 g/mol. The van der Waals surface area contributed by atoms with E-state index in [9.17, 15) is 9.90 Å². The Morgan fingerprint density at radius 3 is 2.40 bits per heavy atom. The zero-order valence-electron chi connectivity index (χ0n) is 8.14. The van der Waals surface area contributed by atoms with E-state index in [0.29, 0.717) is 5.56 Å². The molecular formula is C10H6NNaO3. The third-order valence-electron chi connectivity index (χ3n) is 2.09. The molecule has 15 heavy (non-hydrogen) atoms. The molecule has 1 aliphatic rings. The van der Waals surface area contributed by atoms with Crippen LogP contribution in [-0.4, -0.2) is 12.1 Å². The fourth-order valence-electron chi connectivity index (χ4n) is 1.29. The third-order valence-corrected chi connectivity index (χ3v) is 2.09. The number of benzene rings is 1. The largest absolute Gasteiger partial charge is 1.00 e. The van der Waals surface area contributed by atoms with Crippen LogP contribution in [0.25, 0.3) is 0 Å². The van der Waals surface area contributed by atoms with Crippen LogP contribution in [0.2, 0.25) is 0 Å². The summed E-state index contributed by atoms with van der Waals surface area (Å²) in [5.74, 6) is -1.20. The maximum atomic E-state index is 10.4. The van der Waals surface area contributed by atoms with E-state index in [2.05, 4.69) is 0 Å². The van der Waals surface area contributed by atoms with Crippen molar-refractivity contribution in [3.8, 4) is 6.07 Å². The van der Waals surface area contributed by atoms with Gasteiger partial charge >= 0.3 is 29.6 Å². The van der Waals surface area contributed by atoms with Crippen molar-refractivity contribution in [3.63, 3.8) is 0 Å². The predicted octanol–water partition coefficient (Wildman–Crippen LogP) is -3.25. The number of carbonyl (C=O) groups is 1. The molecule has 1 aliphatic heterocycles. The van der Waals surface area contributed by atoms with Crippen LogP contribution < -0.4 is 34.7 Å². The molecular weight excluding hydrogens is 205 g/mol. The van der Waals surface area contributed by atoms with Crippen molar-refractivity contribution in [1.82, 2.24) is 0 Å². The summed E-state index contributed by atoms with van der Waals surface area (Å²) in [6.45, 7) is 0. The first-order valence-electron chi connectivity index (χ1n) is 4.09. The molecule has 2 rings (SSSR count). The van der Waals surface area contributed by atoms with E-state index < -0.39 is 18.2 Å². The number of carboxylic acids is 1. The molecule has 0 aliphatic carbocycles. The van der Waals surface area contributed by atoms with Crippen molar-refractivity contribution in [2.24, 2.45) is 0 Å². The second-order valence-electron chi connectivity index (χ2n) is 3.03. The summed E-state index contributed by atoms with van der Waals surface area (Å²) < 4.78 is 4.89. The second-order valence-corrected chi connectivity index (χ2v) is 3.03. The number of epoxide rings is 1. The van der Waals surface area contributed by atoms with E-state index in [1.807, 2.05) is 6.07 Å². The van der Waals surface area contributed by atoms with Gasteiger partial charge < -0.3 is 14.6 Å². The summed E-state index contributed by atoms with van der Waals surface area (Å²) in [6.07, 6.45) is -1.24. The molecule has 0 spiro atoms. The minimum absolute atomic E-state index is 0. The monoisotopic (exact) mass is 211 g/mol. The molecule has 1 fully saturated rings. The van der Waals surface area contributed by atoms with Crippen molar-refractivity contribution in [2.45, 2.75) is 12.2 Å². The minimum Gasteiger partial charge on any atom is -0.547 e. The van der Waals surface area contributed by atoms with Gasteiger partial charge in [0.2, 0.25) is 0 Å². The molecule has 4 nitrogen and oxygen atoms in total. The van der Waals surface area contributed by atoms with Gasteiger partial charge in [-0.1, -0.05) is 12.1 Å². The summed E-state index contributed by atoms with van der Waals surface area (Å²) in [4.78, 5) is 10.4. The molecule has 0 amide bonds. The molecule has 1 aromatic carbocycles. The van der Waals surface area contributed by atoms with E-state index in [-0.39, 0.29) is 29.6 Å². The molecule has 2 unspecified atom stereocenters. The number of aliphatic carboxylic acids is 1. The van der Waals surface area contributed by atoms with Gasteiger partial charge in [-0.3, -0.25) is 0 Å². The maximum Gasteiger partial charge on any atom is 1.00 e. The van der Waals surface area contributed by atoms with E-state index in [1.165, 1.54) is 0 Å². The molecule has 70 valence electrons. The number of hydrogen-bond donors (Lipinski definition) is 0. The quantitative estimate of drug-likeness (QED) is 0.380. The summed E-state index contributed by atoms with van der Waals surface area (Å²) in [5.41, 5.74) is 1.30. The number of nitrogens with zero attached hydrogens (tertiary/aromatic N) is 1. The molecule has 0 saturated carbocycles. The molecule has 0 bridgehead atoms. The summed E-state index contributed by atoms with van der Waals surface area (Å²) >= 11 is 0. The topological polar surface area (TPSA) is 76.5 Å². The smallest absolute Gasteiger partial charge is 0.547 e. The number of ether oxygens (including phenoxy) is 1. The van der Waals surface area contributed by atoms with E-state index >= 15 is 0 Å². The minimum atomic E-state index is -1.20. The molecule has 5 heteroatoms. The van der Waals surface area contributed by atoms with Gasteiger partial charge in [0.15, 0.2) is 0 Å². The van der Waals surface area contributed by atoms with Gasteiger partial charge in [0.25, 0.3) is 0 Å². The van der Waals surface area contributed by atoms with Crippen LogP contribution >= 0.6 is 0 Å². The van der Waals surface area contributed by atoms with Gasteiger partial charge in [-0.2, -0.15) is 5.26 Å². The Hall–Kier alpha value is -0.860. The van der Waals surface area contributed by atoms with E-state index in [1.54, 1.807) is 24.3 Å². The molecule has 1 aromatic rings.